The first-order valence-electron chi connectivity index (χ1n) is 3.01. The van der Waals surface area contributed by atoms with Crippen LogP contribution in [0.2, 0.25) is 0 Å². The molecule has 0 aromatic carbocycles. The Morgan fingerprint density at radius 1 is 1.60 bits per heavy atom. The van der Waals surface area contributed by atoms with E-state index in [1.54, 1.807) is 0 Å². The lowest BCUT2D eigenvalue weighted by Gasteiger charge is -2.02. The minimum atomic E-state index is -0.234. The van der Waals surface area contributed by atoms with Crippen LogP contribution in [0.15, 0.2) is 5.38 Å². The third-order valence-corrected chi connectivity index (χ3v) is 1.83. The van der Waals surface area contributed by atoms with Crippen LogP contribution in [0.25, 0.3) is 0 Å². The van der Waals surface area contributed by atoms with E-state index in [1.807, 2.05) is 5.38 Å². The quantitative estimate of drug-likeness (QED) is 0.607. The van der Waals surface area contributed by atoms with E-state index in [1.165, 1.54) is 11.3 Å². The third kappa shape index (κ3) is 1.05. The van der Waals surface area contributed by atoms with Gasteiger partial charge in [-0.1, -0.05) is 0 Å². The van der Waals surface area contributed by atoms with Crippen LogP contribution in [0.4, 0.5) is 0 Å². The Morgan fingerprint density at radius 3 is 3.00 bits per heavy atom. The predicted molar refractivity (Wildman–Crippen MR) is 35.6 cm³/mol. The van der Waals surface area contributed by atoms with Crippen LogP contribution in [0, 0.1) is 5.51 Å². The summed E-state index contributed by atoms with van der Waals surface area (Å²) in [6, 6.07) is 0. The maximum absolute atomic E-state index is 5.20. The molecule has 1 saturated heterocycles. The molecule has 0 N–H and O–H groups in total. The zero-order chi connectivity index (χ0) is 6.81. The molecule has 1 fully saturated rings. The van der Waals surface area contributed by atoms with E-state index in [2.05, 4.69) is 10.5 Å². The van der Waals surface area contributed by atoms with Crippen molar-refractivity contribution in [1.82, 2.24) is 4.98 Å². The van der Waals surface area contributed by atoms with Crippen molar-refractivity contribution in [3.8, 4) is 0 Å². The summed E-state index contributed by atoms with van der Waals surface area (Å²) in [7, 11) is 0. The predicted octanol–water partition coefficient (Wildman–Crippen LogP) is 0.989. The molecule has 2 heterocycles. The second kappa shape index (κ2) is 2.65. The van der Waals surface area contributed by atoms with E-state index >= 15 is 0 Å². The standard InChI is InChI=1S/C6H6NO2S/c1-2-9-6(8-1)5-3-10-4-7-5/h3,6H,1-2H2. The highest BCUT2D eigenvalue weighted by molar-refractivity contribution is 7.07. The van der Waals surface area contributed by atoms with Crippen LogP contribution in [-0.4, -0.2) is 18.2 Å². The monoisotopic (exact) mass is 156 g/mol. The molecule has 0 unspecified atom stereocenters. The van der Waals surface area contributed by atoms with Gasteiger partial charge in [-0.2, -0.15) is 0 Å². The second-order valence-corrected chi connectivity index (χ2v) is 2.59. The van der Waals surface area contributed by atoms with Gasteiger partial charge in [0.2, 0.25) is 6.29 Å². The molecule has 0 amide bonds. The molecule has 0 bridgehead atoms. The minimum Gasteiger partial charge on any atom is -0.345 e. The topological polar surface area (TPSA) is 31.4 Å². The van der Waals surface area contributed by atoms with E-state index in [4.69, 9.17) is 9.47 Å². The molecule has 1 aromatic rings. The molecule has 3 nitrogen and oxygen atoms in total. The largest absolute Gasteiger partial charge is 0.345 e. The number of thiazole rings is 1. The first-order valence-corrected chi connectivity index (χ1v) is 3.89. The lowest BCUT2D eigenvalue weighted by Crippen LogP contribution is -1.97. The van der Waals surface area contributed by atoms with Gasteiger partial charge < -0.3 is 9.47 Å². The number of aromatic nitrogens is 1. The first kappa shape index (κ1) is 6.27. The van der Waals surface area contributed by atoms with Crippen LogP contribution in [0.5, 0.6) is 0 Å². The van der Waals surface area contributed by atoms with Crippen LogP contribution >= 0.6 is 11.3 Å². The fourth-order valence-electron chi connectivity index (χ4n) is 0.830. The lowest BCUT2D eigenvalue weighted by atomic mass is 10.5. The van der Waals surface area contributed by atoms with Crippen LogP contribution in [0.1, 0.15) is 12.0 Å². The van der Waals surface area contributed by atoms with Crippen molar-refractivity contribution in [1.29, 1.82) is 0 Å². The summed E-state index contributed by atoms with van der Waals surface area (Å²) in [6.07, 6.45) is -0.234. The summed E-state index contributed by atoms with van der Waals surface area (Å²) >= 11 is 1.43. The van der Waals surface area contributed by atoms with Crippen molar-refractivity contribution in [2.24, 2.45) is 0 Å². The zero-order valence-electron chi connectivity index (χ0n) is 5.24. The molecule has 4 heteroatoms. The average Bonchev–Trinajstić information content (AvgIpc) is 2.59. The normalized spacial score (nSPS) is 20.0. The van der Waals surface area contributed by atoms with Gasteiger partial charge in [0.05, 0.1) is 13.2 Å². The smallest absolute Gasteiger partial charge is 0.202 e. The van der Waals surface area contributed by atoms with Crippen molar-refractivity contribution < 1.29 is 9.47 Å². The minimum absolute atomic E-state index is 0.234. The number of hydrogen-bond donors (Lipinski definition) is 0. The van der Waals surface area contributed by atoms with Crippen LogP contribution < -0.4 is 0 Å². The van der Waals surface area contributed by atoms with Crippen molar-refractivity contribution in [3.63, 3.8) is 0 Å². The zero-order valence-corrected chi connectivity index (χ0v) is 6.06. The molecule has 0 aliphatic carbocycles. The number of hydrogen-bond acceptors (Lipinski definition) is 4. The van der Waals surface area contributed by atoms with Crippen LogP contribution in [0.3, 0.4) is 0 Å². The second-order valence-electron chi connectivity index (χ2n) is 1.94. The molecule has 0 atom stereocenters. The van der Waals surface area contributed by atoms with Gasteiger partial charge in [-0.3, -0.25) is 0 Å². The maximum atomic E-state index is 5.20. The van der Waals surface area contributed by atoms with E-state index in [-0.39, 0.29) is 6.29 Å². The summed E-state index contributed by atoms with van der Waals surface area (Å²) in [6.45, 7) is 1.34. The Bertz CT molecular complexity index is 194. The van der Waals surface area contributed by atoms with Gasteiger partial charge in [0.1, 0.15) is 5.69 Å². The van der Waals surface area contributed by atoms with Gasteiger partial charge >= 0.3 is 0 Å². The van der Waals surface area contributed by atoms with Crippen LogP contribution in [-0.2, 0) is 9.47 Å². The average molecular weight is 156 g/mol. The summed E-state index contributed by atoms with van der Waals surface area (Å²) < 4.78 is 10.4. The number of ether oxygens (including phenoxy) is 2. The fraction of sp³-hybridized carbons (Fsp3) is 0.500. The number of nitrogens with zero attached hydrogens (tertiary/aromatic N) is 1. The van der Waals surface area contributed by atoms with E-state index in [9.17, 15) is 0 Å². The Balaban J connectivity index is 2.12. The molecule has 1 radical (unpaired) electrons. The van der Waals surface area contributed by atoms with Gasteiger partial charge in [-0.25, -0.2) is 4.98 Å². The molecular formula is C6H6NO2S. The Kier molecular flexibility index (Phi) is 1.66. The SMILES string of the molecule is [c]1nc(C2OCCO2)cs1. The van der Waals surface area contributed by atoms with Gasteiger partial charge in [0, 0.05) is 5.38 Å². The van der Waals surface area contributed by atoms with Gasteiger partial charge in [0.25, 0.3) is 0 Å². The molecule has 53 valence electrons. The lowest BCUT2D eigenvalue weighted by molar-refractivity contribution is -0.0468. The summed E-state index contributed by atoms with van der Waals surface area (Å²) in [5.41, 5.74) is 3.57. The van der Waals surface area contributed by atoms with Crippen molar-refractivity contribution in [2.75, 3.05) is 13.2 Å². The van der Waals surface area contributed by atoms with E-state index in [0.29, 0.717) is 13.2 Å². The molecule has 1 aliphatic rings. The van der Waals surface area contributed by atoms with Gasteiger partial charge in [-0.05, 0) is 0 Å². The fourth-order valence-corrected chi connectivity index (χ4v) is 1.32. The van der Waals surface area contributed by atoms with Gasteiger partial charge in [-0.15, -0.1) is 11.3 Å². The highest BCUT2D eigenvalue weighted by Crippen LogP contribution is 2.21. The molecule has 1 aliphatic heterocycles. The van der Waals surface area contributed by atoms with Gasteiger partial charge in [0.15, 0.2) is 5.51 Å². The van der Waals surface area contributed by atoms with E-state index in [0.717, 1.165) is 5.69 Å². The third-order valence-electron chi connectivity index (χ3n) is 1.27. The van der Waals surface area contributed by atoms with Crippen molar-refractivity contribution in [2.45, 2.75) is 6.29 Å². The van der Waals surface area contributed by atoms with E-state index < -0.39 is 0 Å². The number of rotatable bonds is 1. The molecule has 0 saturated carbocycles. The van der Waals surface area contributed by atoms with Crippen molar-refractivity contribution in [3.05, 3.63) is 16.6 Å². The Hall–Kier alpha value is -0.450. The molecule has 2 rings (SSSR count). The Labute approximate surface area is 62.6 Å². The molecule has 1 aromatic heterocycles. The summed E-state index contributed by atoms with van der Waals surface area (Å²) in [5.74, 6) is 0. The highest BCUT2D eigenvalue weighted by atomic mass is 32.1. The summed E-state index contributed by atoms with van der Waals surface area (Å²) in [4.78, 5) is 3.94. The van der Waals surface area contributed by atoms with Crippen molar-refractivity contribution >= 4 is 11.3 Å². The first-order chi connectivity index (χ1) is 4.97. The summed E-state index contributed by atoms with van der Waals surface area (Å²) in [5, 5.41) is 1.88. The Morgan fingerprint density at radius 2 is 2.40 bits per heavy atom. The molecule has 0 spiro atoms. The maximum Gasteiger partial charge on any atom is 0.202 e. The molecule has 10 heavy (non-hydrogen) atoms. The highest BCUT2D eigenvalue weighted by Gasteiger charge is 2.19. The molecular weight excluding hydrogens is 150 g/mol.